The molecule has 0 saturated carbocycles. The molecule has 0 amide bonds. The standard InChI is InChI=1S/C22H31ClN2O7/c1-22(31-9-10-32-22)4-2-5-25-6-3-14(17(26)12-25)13-30-21(27)15-11-16(23)18(24)20-19(15)28-7-8-29-20/h11,14,17,26H,2-10,12-13,24H2,1H3/t14-,17+/m0/s1. The van der Waals surface area contributed by atoms with E-state index in [1.165, 1.54) is 6.07 Å². The Bertz CT molecular complexity index is 831. The van der Waals surface area contributed by atoms with Gasteiger partial charge in [-0.15, -0.1) is 0 Å². The normalized spacial score (nSPS) is 25.0. The van der Waals surface area contributed by atoms with Crippen LogP contribution in [0.3, 0.4) is 0 Å². The monoisotopic (exact) mass is 470 g/mol. The summed E-state index contributed by atoms with van der Waals surface area (Å²) in [7, 11) is 0. The number of nitrogen functional groups attached to an aromatic ring is 1. The van der Waals surface area contributed by atoms with Gasteiger partial charge in [0.25, 0.3) is 0 Å². The van der Waals surface area contributed by atoms with E-state index in [-0.39, 0.29) is 40.3 Å². The molecule has 2 saturated heterocycles. The van der Waals surface area contributed by atoms with Gasteiger partial charge in [0, 0.05) is 18.9 Å². The maximum atomic E-state index is 12.7. The fraction of sp³-hybridized carbons (Fsp3) is 0.682. The zero-order valence-electron chi connectivity index (χ0n) is 18.3. The van der Waals surface area contributed by atoms with E-state index in [4.69, 9.17) is 41.0 Å². The number of likely N-dealkylation sites (tertiary alicyclic amines) is 1. The third-order valence-corrected chi connectivity index (χ3v) is 6.57. The molecule has 0 spiro atoms. The maximum absolute atomic E-state index is 12.7. The Kier molecular flexibility index (Phi) is 7.31. The van der Waals surface area contributed by atoms with Gasteiger partial charge in [0.2, 0.25) is 0 Å². The number of benzene rings is 1. The molecule has 9 nitrogen and oxygen atoms in total. The number of β-amino-alcohol motifs (C(OH)–C–C–N with tert-alkyl or cyclic N) is 1. The lowest BCUT2D eigenvalue weighted by atomic mass is 9.94. The van der Waals surface area contributed by atoms with E-state index in [1.54, 1.807) is 0 Å². The Labute approximate surface area is 192 Å². The minimum Gasteiger partial charge on any atom is -0.485 e. The van der Waals surface area contributed by atoms with Crippen LogP contribution in [0, 0.1) is 5.92 Å². The number of hydrogen-bond donors (Lipinski definition) is 2. The van der Waals surface area contributed by atoms with Gasteiger partial charge in [0.05, 0.1) is 36.6 Å². The second-order valence-corrected chi connectivity index (χ2v) is 9.03. The number of aliphatic hydroxyl groups is 1. The number of fused-ring (bicyclic) bond motifs is 1. The molecule has 0 aromatic heterocycles. The van der Waals surface area contributed by atoms with Crippen molar-refractivity contribution in [2.75, 3.05) is 58.4 Å². The average Bonchev–Trinajstić information content (AvgIpc) is 3.22. The summed E-state index contributed by atoms with van der Waals surface area (Å²) in [4.78, 5) is 14.9. The van der Waals surface area contributed by atoms with Crippen molar-refractivity contribution in [3.63, 3.8) is 0 Å². The number of carbonyl (C=O) groups excluding carboxylic acids is 1. The minimum atomic E-state index is -0.576. The van der Waals surface area contributed by atoms with Gasteiger partial charge in [-0.25, -0.2) is 4.79 Å². The predicted octanol–water partition coefficient (Wildman–Crippen LogP) is 2.08. The van der Waals surface area contributed by atoms with Crippen LogP contribution in [0.4, 0.5) is 5.69 Å². The summed E-state index contributed by atoms with van der Waals surface area (Å²) in [6, 6.07) is 1.43. The molecule has 3 aliphatic heterocycles. The lowest BCUT2D eigenvalue weighted by molar-refractivity contribution is -0.148. The Balaban J connectivity index is 1.26. The SMILES string of the molecule is CC1(CCCN2CC[C@@H](COC(=O)c3cc(Cl)c(N)c4c3OCCO4)[C@H](O)C2)OCCO1. The van der Waals surface area contributed by atoms with Gasteiger partial charge in [-0.2, -0.15) is 0 Å². The lowest BCUT2D eigenvalue weighted by Gasteiger charge is -2.36. The first kappa shape index (κ1) is 23.4. The molecule has 3 N–H and O–H groups in total. The quantitative estimate of drug-likeness (QED) is 0.456. The number of nitrogens with two attached hydrogens (primary N) is 1. The first-order chi connectivity index (χ1) is 15.4. The highest BCUT2D eigenvalue weighted by molar-refractivity contribution is 6.34. The van der Waals surface area contributed by atoms with Gasteiger partial charge in [0.15, 0.2) is 17.3 Å². The van der Waals surface area contributed by atoms with E-state index in [0.29, 0.717) is 33.0 Å². The van der Waals surface area contributed by atoms with Crippen LogP contribution in [0.5, 0.6) is 11.5 Å². The van der Waals surface area contributed by atoms with Crippen molar-refractivity contribution in [3.8, 4) is 11.5 Å². The Hall–Kier alpha value is -1.78. The molecule has 32 heavy (non-hydrogen) atoms. The number of halogens is 1. The number of rotatable bonds is 7. The molecular formula is C22H31ClN2O7. The summed E-state index contributed by atoms with van der Waals surface area (Å²) in [6.07, 6.45) is 1.91. The van der Waals surface area contributed by atoms with Crippen molar-refractivity contribution in [3.05, 3.63) is 16.7 Å². The molecule has 4 rings (SSSR count). The molecule has 0 radical (unpaired) electrons. The maximum Gasteiger partial charge on any atom is 0.342 e. The van der Waals surface area contributed by atoms with E-state index >= 15 is 0 Å². The number of nitrogens with zero attached hydrogens (tertiary/aromatic N) is 1. The van der Waals surface area contributed by atoms with E-state index in [2.05, 4.69) is 4.90 Å². The molecule has 10 heteroatoms. The molecule has 3 heterocycles. The third kappa shape index (κ3) is 5.23. The van der Waals surface area contributed by atoms with Crippen molar-refractivity contribution in [1.29, 1.82) is 0 Å². The largest absolute Gasteiger partial charge is 0.485 e. The van der Waals surface area contributed by atoms with E-state index < -0.39 is 17.9 Å². The van der Waals surface area contributed by atoms with Crippen molar-refractivity contribution in [2.24, 2.45) is 5.92 Å². The first-order valence-electron chi connectivity index (χ1n) is 11.1. The molecule has 1 aromatic rings. The first-order valence-corrected chi connectivity index (χ1v) is 11.5. The van der Waals surface area contributed by atoms with Crippen LogP contribution in [0.15, 0.2) is 6.07 Å². The van der Waals surface area contributed by atoms with Crippen molar-refractivity contribution < 1.29 is 33.6 Å². The third-order valence-electron chi connectivity index (χ3n) is 6.26. The van der Waals surface area contributed by atoms with Crippen LogP contribution in [0.1, 0.15) is 36.5 Å². The fourth-order valence-electron chi connectivity index (χ4n) is 4.38. The number of piperidine rings is 1. The van der Waals surface area contributed by atoms with Crippen LogP contribution in [-0.2, 0) is 14.2 Å². The zero-order chi connectivity index (χ0) is 22.7. The van der Waals surface area contributed by atoms with Gasteiger partial charge in [-0.05, 0) is 38.9 Å². The predicted molar refractivity (Wildman–Crippen MR) is 117 cm³/mol. The fourth-order valence-corrected chi connectivity index (χ4v) is 4.57. The van der Waals surface area contributed by atoms with Crippen LogP contribution in [0.25, 0.3) is 0 Å². The van der Waals surface area contributed by atoms with Gasteiger partial charge >= 0.3 is 5.97 Å². The molecule has 2 atom stereocenters. The molecule has 3 aliphatic rings. The second-order valence-electron chi connectivity index (χ2n) is 8.62. The van der Waals surface area contributed by atoms with Crippen LogP contribution < -0.4 is 15.2 Å². The highest BCUT2D eigenvalue weighted by Gasteiger charge is 2.33. The molecule has 1 aromatic carbocycles. The van der Waals surface area contributed by atoms with Gasteiger partial charge in [-0.3, -0.25) is 0 Å². The summed E-state index contributed by atoms with van der Waals surface area (Å²) in [5, 5.41) is 10.8. The molecule has 178 valence electrons. The molecule has 0 unspecified atom stereocenters. The van der Waals surface area contributed by atoms with Crippen LogP contribution >= 0.6 is 11.6 Å². The van der Waals surface area contributed by atoms with Gasteiger partial charge in [0.1, 0.15) is 18.8 Å². The molecule has 0 aliphatic carbocycles. The van der Waals surface area contributed by atoms with Crippen molar-refractivity contribution in [1.82, 2.24) is 4.90 Å². The lowest BCUT2D eigenvalue weighted by Crippen LogP contribution is -2.46. The minimum absolute atomic E-state index is 0.116. The van der Waals surface area contributed by atoms with Gasteiger partial charge in [-0.1, -0.05) is 11.6 Å². The number of anilines is 1. The average molecular weight is 471 g/mol. The summed E-state index contributed by atoms with van der Waals surface area (Å²) < 4.78 is 27.9. The van der Waals surface area contributed by atoms with Crippen LogP contribution in [0.2, 0.25) is 5.02 Å². The number of hydrogen-bond acceptors (Lipinski definition) is 9. The summed E-state index contributed by atoms with van der Waals surface area (Å²) >= 11 is 6.15. The Morgan fingerprint density at radius 2 is 2.00 bits per heavy atom. The topological polar surface area (TPSA) is 113 Å². The number of carbonyl (C=O) groups is 1. The Morgan fingerprint density at radius 1 is 1.28 bits per heavy atom. The van der Waals surface area contributed by atoms with E-state index in [1.807, 2.05) is 6.92 Å². The van der Waals surface area contributed by atoms with Gasteiger partial charge < -0.3 is 39.4 Å². The summed E-state index contributed by atoms with van der Waals surface area (Å²) in [6.45, 7) is 6.24. The second kappa shape index (κ2) is 10.0. The smallest absolute Gasteiger partial charge is 0.342 e. The van der Waals surface area contributed by atoms with Crippen LogP contribution in [-0.4, -0.2) is 80.5 Å². The van der Waals surface area contributed by atoms with Crippen molar-refractivity contribution >= 4 is 23.3 Å². The molecular weight excluding hydrogens is 440 g/mol. The van der Waals surface area contributed by atoms with E-state index in [9.17, 15) is 9.90 Å². The zero-order valence-corrected chi connectivity index (χ0v) is 19.1. The number of ether oxygens (including phenoxy) is 5. The summed E-state index contributed by atoms with van der Waals surface area (Å²) in [5.74, 6) is -0.669. The molecule has 0 bridgehead atoms. The summed E-state index contributed by atoms with van der Waals surface area (Å²) in [5.41, 5.74) is 6.34. The highest BCUT2D eigenvalue weighted by atomic mass is 35.5. The highest BCUT2D eigenvalue weighted by Crippen LogP contribution is 2.43. The Morgan fingerprint density at radius 3 is 2.72 bits per heavy atom. The van der Waals surface area contributed by atoms with E-state index in [0.717, 1.165) is 32.4 Å². The molecule has 2 fully saturated rings. The number of esters is 1. The number of aliphatic hydroxyl groups excluding tert-OH is 1. The van der Waals surface area contributed by atoms with Crippen molar-refractivity contribution in [2.45, 2.75) is 38.1 Å².